The van der Waals surface area contributed by atoms with E-state index in [9.17, 15) is 54.0 Å². The number of nitrogens with zero attached hydrogens (tertiary/aromatic N) is 5. The lowest BCUT2D eigenvalue weighted by Crippen LogP contribution is -2.60. The van der Waals surface area contributed by atoms with Gasteiger partial charge in [0, 0.05) is 69.1 Å². The van der Waals surface area contributed by atoms with Crippen molar-refractivity contribution in [2.75, 3.05) is 32.7 Å². The zero-order chi connectivity index (χ0) is 71.0. The zero-order valence-electron chi connectivity index (χ0n) is 54.2. The Kier molecular flexibility index (Phi) is 27.3. The minimum Gasteiger partial charge on any atom is -0.508 e. The predicted octanol–water partition coefficient (Wildman–Crippen LogP) is -1.98. The summed E-state index contributed by atoms with van der Waals surface area (Å²) in [5, 5.41) is 57.0. The number of guanidine groups is 3. The van der Waals surface area contributed by atoms with Gasteiger partial charge in [0.25, 0.3) is 0 Å². The van der Waals surface area contributed by atoms with E-state index in [1.54, 1.807) is 30.5 Å². The third kappa shape index (κ3) is 22.2. The number of nitrogens with two attached hydrogens (primary N) is 7. The number of carboxylic acid groups (broad SMARTS) is 1. The van der Waals surface area contributed by atoms with E-state index in [1.807, 2.05) is 24.3 Å². The minimum atomic E-state index is -1.49. The number of rotatable bonds is 35. The number of aliphatic imine (C=N–C) groups is 3. The molecular weight excluding hydrogens is 1270 g/mol. The summed E-state index contributed by atoms with van der Waals surface area (Å²) in [7, 11) is 0. The number of hydrogen-bond donors (Lipinski definition) is 18. The van der Waals surface area contributed by atoms with Crippen LogP contribution in [0, 0.1) is 0 Å². The van der Waals surface area contributed by atoms with Crippen LogP contribution in [0.15, 0.2) is 118 Å². The molecule has 8 amide bonds. The number of phenols is 3. The number of benzene rings is 4. The number of aromatic hydroxyl groups is 3. The Bertz CT molecular complexity index is 3670. The van der Waals surface area contributed by atoms with E-state index in [2.05, 4.69) is 51.9 Å². The number of carbonyl (C=O) groups excluding carboxylic acids is 8. The molecule has 5 aromatic rings. The van der Waals surface area contributed by atoms with Crippen LogP contribution in [-0.4, -0.2) is 193 Å². The molecule has 0 spiro atoms. The number of H-pyrrole nitrogens is 1. The Morgan fingerprint density at radius 1 is 0.469 bits per heavy atom. The molecule has 0 radical (unpaired) electrons. The highest BCUT2D eigenvalue weighted by atomic mass is 16.4. The highest BCUT2D eigenvalue weighted by Gasteiger charge is 2.43. The molecule has 526 valence electrons. The SMILES string of the molecule is NC(N)=NCCC[C@H](NC(=O)[C@H](CCCN=C(N)N)NC(=O)[C@@H]1CCCN1C(=O)[C@H](CCCN=C(N)N)NC(=O)[C@@H]1CCCN1C(=O)[C@H](Cc1c[nH]c2ccccc12)NC(=O)[C@H](Cc1ccc(O)cc1)NC(=O)[C@@H](N)Cc1ccc(O)cc1)C(=O)N[C@@H](Cc1ccc(O)cc1)C(=O)O. The van der Waals surface area contributed by atoms with Crippen LogP contribution in [0.4, 0.5) is 0 Å². The normalized spacial score (nSPS) is 16.3. The van der Waals surface area contributed by atoms with Crippen molar-refractivity contribution in [3.05, 3.63) is 126 Å². The highest BCUT2D eigenvalue weighted by molar-refractivity contribution is 5.99. The quantitative estimate of drug-likeness (QED) is 0.0119. The average Bonchev–Trinajstić information content (AvgIpc) is 1.61. The summed E-state index contributed by atoms with van der Waals surface area (Å²) in [4.78, 5) is 147. The lowest BCUT2D eigenvalue weighted by atomic mass is 10.0. The maximum Gasteiger partial charge on any atom is 0.326 e. The van der Waals surface area contributed by atoms with E-state index in [-0.39, 0.29) is 145 Å². The number of fused-ring (bicyclic) bond motifs is 1. The first-order valence-corrected chi connectivity index (χ1v) is 32.3. The van der Waals surface area contributed by atoms with Crippen molar-refractivity contribution in [2.24, 2.45) is 55.1 Å². The van der Waals surface area contributed by atoms with Gasteiger partial charge in [0.15, 0.2) is 17.9 Å². The van der Waals surface area contributed by atoms with Crippen LogP contribution in [0.25, 0.3) is 10.9 Å². The van der Waals surface area contributed by atoms with Crippen molar-refractivity contribution in [2.45, 2.75) is 144 Å². The molecule has 98 heavy (non-hydrogen) atoms. The van der Waals surface area contributed by atoms with Crippen molar-refractivity contribution in [3.63, 3.8) is 0 Å². The van der Waals surface area contributed by atoms with Crippen molar-refractivity contribution in [3.8, 4) is 17.2 Å². The monoisotopic (exact) mass is 1360 g/mol. The van der Waals surface area contributed by atoms with Gasteiger partial charge in [-0.1, -0.05) is 54.6 Å². The van der Waals surface area contributed by atoms with Crippen LogP contribution in [0.3, 0.4) is 0 Å². The number of hydrogen-bond acceptors (Lipinski definition) is 16. The number of carboxylic acids is 1. The fraction of sp³-hybridized carbons (Fsp3) is 0.424. The molecule has 7 rings (SSSR count). The maximum absolute atomic E-state index is 15.3. The fourth-order valence-electron chi connectivity index (χ4n) is 11.8. The van der Waals surface area contributed by atoms with Crippen LogP contribution in [-0.2, 0) is 68.8 Å². The molecule has 4 aromatic carbocycles. The lowest BCUT2D eigenvalue weighted by molar-refractivity contribution is -0.145. The Morgan fingerprint density at radius 3 is 1.34 bits per heavy atom. The number of carbonyl (C=O) groups is 9. The maximum atomic E-state index is 15.3. The second-order valence-corrected chi connectivity index (χ2v) is 24.2. The molecule has 25 N–H and O–H groups in total. The van der Waals surface area contributed by atoms with Gasteiger partial charge in [0.1, 0.15) is 65.6 Å². The van der Waals surface area contributed by atoms with Gasteiger partial charge in [-0.05, 0) is 135 Å². The molecule has 2 aliphatic rings. The lowest BCUT2D eigenvalue weighted by Gasteiger charge is -2.32. The number of aromatic amines is 1. The van der Waals surface area contributed by atoms with Crippen LogP contribution in [0.5, 0.6) is 17.2 Å². The molecule has 0 unspecified atom stereocenters. The number of amides is 8. The van der Waals surface area contributed by atoms with E-state index in [4.69, 9.17) is 40.1 Å². The molecule has 0 saturated carbocycles. The number of nitrogens with one attached hydrogen (secondary N) is 7. The van der Waals surface area contributed by atoms with E-state index in [0.29, 0.717) is 35.1 Å². The molecule has 32 nitrogen and oxygen atoms in total. The first kappa shape index (κ1) is 74.2. The second-order valence-electron chi connectivity index (χ2n) is 24.2. The Labute approximate surface area is 565 Å². The molecule has 1 aromatic heterocycles. The molecule has 2 saturated heterocycles. The Balaban J connectivity index is 1.11. The second kappa shape index (κ2) is 36.1. The Hall–Kier alpha value is -11.2. The molecule has 0 bridgehead atoms. The molecule has 2 aliphatic heterocycles. The van der Waals surface area contributed by atoms with Crippen LogP contribution in [0.1, 0.15) is 86.5 Å². The zero-order valence-corrected chi connectivity index (χ0v) is 54.2. The van der Waals surface area contributed by atoms with E-state index in [0.717, 1.165) is 10.9 Å². The van der Waals surface area contributed by atoms with E-state index < -0.39 is 108 Å². The Morgan fingerprint density at radius 2 is 0.857 bits per heavy atom. The van der Waals surface area contributed by atoms with Gasteiger partial charge < -0.3 is 107 Å². The van der Waals surface area contributed by atoms with E-state index in [1.165, 1.54) is 58.3 Å². The number of likely N-dealkylation sites (tertiary alicyclic amines) is 2. The van der Waals surface area contributed by atoms with Gasteiger partial charge in [0.2, 0.25) is 47.3 Å². The summed E-state index contributed by atoms with van der Waals surface area (Å²) in [5.74, 6) is -8.22. The van der Waals surface area contributed by atoms with Crippen molar-refractivity contribution < 1.29 is 63.6 Å². The van der Waals surface area contributed by atoms with E-state index >= 15 is 9.59 Å². The van der Waals surface area contributed by atoms with Crippen LogP contribution >= 0.6 is 0 Å². The summed E-state index contributed by atoms with van der Waals surface area (Å²) >= 11 is 0. The summed E-state index contributed by atoms with van der Waals surface area (Å²) in [6, 6.07) is 13.3. The van der Waals surface area contributed by atoms with Gasteiger partial charge in [-0.3, -0.25) is 53.3 Å². The number of aliphatic carboxylic acids is 1. The molecule has 32 heteroatoms. The van der Waals surface area contributed by atoms with Gasteiger partial charge in [-0.25, -0.2) is 4.79 Å². The molecule has 2 fully saturated rings. The van der Waals surface area contributed by atoms with Crippen LogP contribution < -0.4 is 72.0 Å². The van der Waals surface area contributed by atoms with Gasteiger partial charge >= 0.3 is 5.97 Å². The summed E-state index contributed by atoms with van der Waals surface area (Å²) in [6.45, 7) is 0.171. The van der Waals surface area contributed by atoms with Gasteiger partial charge in [-0.15, -0.1) is 0 Å². The largest absolute Gasteiger partial charge is 0.508 e. The minimum absolute atomic E-state index is 0.0161. The van der Waals surface area contributed by atoms with Crippen molar-refractivity contribution >= 4 is 82.0 Å². The topological polar surface area (TPSA) is 548 Å². The number of aromatic nitrogens is 1. The van der Waals surface area contributed by atoms with Crippen molar-refractivity contribution in [1.82, 2.24) is 46.7 Å². The van der Waals surface area contributed by atoms with Gasteiger partial charge in [-0.2, -0.15) is 0 Å². The average molecular weight is 1360 g/mol. The number of para-hydroxylation sites is 1. The predicted molar refractivity (Wildman–Crippen MR) is 364 cm³/mol. The molecule has 0 aliphatic carbocycles. The summed E-state index contributed by atoms with van der Waals surface area (Å²) in [6.07, 6.45) is 2.41. The molecule has 9 atom stereocenters. The van der Waals surface area contributed by atoms with Gasteiger partial charge in [0.05, 0.1) is 6.04 Å². The summed E-state index contributed by atoms with van der Waals surface area (Å²) < 4.78 is 0. The molecule has 3 heterocycles. The highest BCUT2D eigenvalue weighted by Crippen LogP contribution is 2.26. The van der Waals surface area contributed by atoms with Crippen LogP contribution in [0.2, 0.25) is 0 Å². The third-order valence-electron chi connectivity index (χ3n) is 16.8. The first-order chi connectivity index (χ1) is 46.8. The summed E-state index contributed by atoms with van der Waals surface area (Å²) in [5.41, 5.74) is 42.9. The third-order valence-corrected chi connectivity index (χ3v) is 16.8. The van der Waals surface area contributed by atoms with Crippen molar-refractivity contribution in [1.29, 1.82) is 0 Å². The number of phenolic OH excluding ortho intramolecular Hbond substituents is 3. The standard InChI is InChI=1S/C66H89N19O13/c67-45(32-37-15-21-41(86)22-16-37)55(89)81-50(33-38-17-23-42(87)24-18-38)58(92)82-51(35-40-36-77-46-9-2-1-8-44(40)46)62(96)85-31-7-14-54(85)60(94)80-49(12-5-29-76-66(72)73)61(95)84-30-6-13-53(84)59(93)79-48(11-4-28-75-65(70)71)56(90)78-47(10-3-27-74-64(68)69)57(91)83-52(63(97)98)34-39-19-25-43(88)26-20-39/h1-2,8-9,15-26,36,45,47-54,77,86-88H,3-7,10-14,27-35,67H2,(H,78,90)(H,79,93)(H,80,94)(H,81,89)(H,82,92)(H,83,91)(H,97,98)(H4,68,69,74)(H4,70,71,75)(H4,72,73,76)/t45-,47-,48-,49-,50-,51-,52-,53-,54-/m0/s1. The first-order valence-electron chi connectivity index (χ1n) is 32.3. The fourth-order valence-corrected chi connectivity index (χ4v) is 11.8. The molecular formula is C66H89N19O13. The smallest absolute Gasteiger partial charge is 0.326 e.